The number of amides is 1. The van der Waals surface area contributed by atoms with Gasteiger partial charge in [0.1, 0.15) is 11.5 Å². The minimum Gasteiger partial charge on any atom is -0.298 e. The first-order valence-corrected chi connectivity index (χ1v) is 10.7. The molecular formula is C23H18FN5OS. The number of benzene rings is 2. The van der Waals surface area contributed by atoms with E-state index in [0.717, 1.165) is 11.1 Å². The number of para-hydroxylation sites is 1. The number of amidine groups is 1. The predicted molar refractivity (Wildman–Crippen MR) is 117 cm³/mol. The Labute approximate surface area is 182 Å². The van der Waals surface area contributed by atoms with Crippen molar-refractivity contribution in [3.05, 3.63) is 100 Å². The highest BCUT2D eigenvalue weighted by Crippen LogP contribution is 2.30. The number of hydrogen-bond donors (Lipinski definition) is 1. The molecule has 1 unspecified atom stereocenters. The van der Waals surface area contributed by atoms with Crippen LogP contribution in [0.5, 0.6) is 0 Å². The van der Waals surface area contributed by atoms with Crippen molar-refractivity contribution in [2.75, 3.05) is 0 Å². The van der Waals surface area contributed by atoms with Crippen molar-refractivity contribution in [3.8, 4) is 0 Å². The maximum absolute atomic E-state index is 14.0. The molecule has 1 atom stereocenters. The maximum atomic E-state index is 14.0. The molecule has 2 aromatic carbocycles. The number of pyridine rings is 1. The number of nitrogens with one attached hydrogen (secondary N) is 1. The summed E-state index contributed by atoms with van der Waals surface area (Å²) >= 11 is 1.27. The van der Waals surface area contributed by atoms with E-state index in [1.54, 1.807) is 23.2 Å². The quantitative estimate of drug-likeness (QED) is 0.692. The van der Waals surface area contributed by atoms with Crippen molar-refractivity contribution in [1.82, 2.24) is 15.3 Å². The van der Waals surface area contributed by atoms with Crippen LogP contribution in [0.15, 0.2) is 76.8 Å². The smallest absolute Gasteiger partial charge is 0.276 e. The molecule has 5 rings (SSSR count). The lowest BCUT2D eigenvalue weighted by atomic mass is 10.1. The first-order valence-electron chi connectivity index (χ1n) is 9.76. The van der Waals surface area contributed by atoms with Crippen LogP contribution in [0.4, 0.5) is 4.39 Å². The normalized spacial score (nSPS) is 17.3. The summed E-state index contributed by atoms with van der Waals surface area (Å²) in [7, 11) is 0. The third-order valence-electron chi connectivity index (χ3n) is 5.01. The Kier molecular flexibility index (Phi) is 4.99. The fourth-order valence-electron chi connectivity index (χ4n) is 3.55. The second-order valence-electron chi connectivity index (χ2n) is 7.16. The molecule has 0 saturated carbocycles. The van der Waals surface area contributed by atoms with Gasteiger partial charge in [-0.05, 0) is 36.8 Å². The fourth-order valence-corrected chi connectivity index (χ4v) is 4.39. The molecule has 2 aliphatic rings. The van der Waals surface area contributed by atoms with Crippen LogP contribution in [-0.2, 0) is 10.5 Å². The van der Waals surface area contributed by atoms with Crippen molar-refractivity contribution in [2.24, 2.45) is 10.1 Å². The molecule has 1 amide bonds. The van der Waals surface area contributed by atoms with Gasteiger partial charge in [-0.1, -0.05) is 54.2 Å². The first kappa shape index (κ1) is 19.4. The first-order chi connectivity index (χ1) is 15.1. The van der Waals surface area contributed by atoms with E-state index in [4.69, 9.17) is 4.99 Å². The Balaban J connectivity index is 1.57. The maximum Gasteiger partial charge on any atom is 0.276 e. The number of thioether (sulfide) groups is 1. The van der Waals surface area contributed by atoms with E-state index in [1.807, 2.05) is 49.4 Å². The number of rotatable bonds is 3. The summed E-state index contributed by atoms with van der Waals surface area (Å²) in [6.07, 6.45) is -0.570. The lowest BCUT2D eigenvalue weighted by Crippen LogP contribution is -2.50. The van der Waals surface area contributed by atoms with E-state index in [1.165, 1.54) is 17.8 Å². The van der Waals surface area contributed by atoms with Gasteiger partial charge in [-0.15, -0.1) is 5.10 Å². The summed E-state index contributed by atoms with van der Waals surface area (Å²) in [5.74, 6) is -0.212. The number of halogens is 1. The third-order valence-corrected chi connectivity index (χ3v) is 5.92. The lowest BCUT2D eigenvalue weighted by Gasteiger charge is -2.33. The van der Waals surface area contributed by atoms with Gasteiger partial charge in [0, 0.05) is 16.7 Å². The second-order valence-corrected chi connectivity index (χ2v) is 8.12. The zero-order valence-corrected chi connectivity index (χ0v) is 17.4. The molecule has 8 heteroatoms. The van der Waals surface area contributed by atoms with Crippen LogP contribution in [0.25, 0.3) is 5.70 Å². The number of aromatic nitrogens is 1. The van der Waals surface area contributed by atoms with Crippen molar-refractivity contribution in [2.45, 2.75) is 18.8 Å². The molecule has 6 nitrogen and oxygen atoms in total. The molecule has 3 aromatic rings. The third kappa shape index (κ3) is 3.70. The largest absolute Gasteiger partial charge is 0.298 e. The molecule has 2 aliphatic heterocycles. The van der Waals surface area contributed by atoms with Crippen LogP contribution in [0.1, 0.15) is 23.1 Å². The average Bonchev–Trinajstić information content (AvgIpc) is 2.78. The molecule has 0 radical (unpaired) electrons. The molecule has 0 bridgehead atoms. The molecule has 0 aliphatic carbocycles. The molecule has 0 spiro atoms. The zero-order valence-electron chi connectivity index (χ0n) is 16.6. The highest BCUT2D eigenvalue weighted by Gasteiger charge is 2.35. The minimum absolute atomic E-state index is 0.272. The van der Waals surface area contributed by atoms with Crippen LogP contribution in [0, 0.1) is 12.7 Å². The monoisotopic (exact) mass is 431 g/mol. The van der Waals surface area contributed by atoms with Gasteiger partial charge in [0.15, 0.2) is 11.3 Å². The van der Waals surface area contributed by atoms with Crippen molar-refractivity contribution >= 4 is 28.5 Å². The van der Waals surface area contributed by atoms with Crippen LogP contribution in [0.3, 0.4) is 0 Å². The molecule has 31 heavy (non-hydrogen) atoms. The van der Waals surface area contributed by atoms with Gasteiger partial charge < -0.3 is 0 Å². The second kappa shape index (κ2) is 7.96. The van der Waals surface area contributed by atoms with Crippen molar-refractivity contribution in [1.29, 1.82) is 0 Å². The Bertz CT molecular complexity index is 1340. The SMILES string of the molecule is Cc1cccc(C2N=c3ccccc3=C3C(=O)NC(SCc4ccccc4F)=NN32)n1. The van der Waals surface area contributed by atoms with E-state index >= 15 is 0 Å². The number of fused-ring (bicyclic) bond motifs is 2. The van der Waals surface area contributed by atoms with E-state index < -0.39 is 6.17 Å². The summed E-state index contributed by atoms with van der Waals surface area (Å²) < 4.78 is 14.0. The van der Waals surface area contributed by atoms with Crippen LogP contribution in [-0.4, -0.2) is 21.1 Å². The molecule has 1 N–H and O–H groups in total. The zero-order chi connectivity index (χ0) is 21.4. The highest BCUT2D eigenvalue weighted by molar-refractivity contribution is 8.13. The van der Waals surface area contributed by atoms with Gasteiger partial charge in [0.25, 0.3) is 5.91 Å². The molecule has 0 fully saturated rings. The van der Waals surface area contributed by atoms with Gasteiger partial charge in [-0.3, -0.25) is 20.1 Å². The Morgan fingerprint density at radius 2 is 1.87 bits per heavy atom. The lowest BCUT2D eigenvalue weighted by molar-refractivity contribution is -0.116. The van der Waals surface area contributed by atoms with Crippen molar-refractivity contribution < 1.29 is 9.18 Å². The van der Waals surface area contributed by atoms with Gasteiger partial charge >= 0.3 is 0 Å². The molecule has 0 saturated heterocycles. The fraction of sp³-hybridized carbons (Fsp3) is 0.130. The number of hydrazone groups is 1. The van der Waals surface area contributed by atoms with Gasteiger partial charge in [0.2, 0.25) is 0 Å². The molecule has 154 valence electrons. The summed E-state index contributed by atoms with van der Waals surface area (Å²) in [4.78, 5) is 22.5. The standard InChI is InChI=1S/C23H18FN5OS/c1-14-7-6-12-19(25-14)21-26-18-11-5-3-9-16(18)20-22(30)27-23(28-29(20)21)31-13-15-8-2-4-10-17(15)24/h2-12,21H,13H2,1H3,(H,27,28,30). The summed E-state index contributed by atoms with van der Waals surface area (Å²) in [5, 5.41) is 11.0. The minimum atomic E-state index is -0.570. The Hall–Kier alpha value is -3.52. The topological polar surface area (TPSA) is 70.0 Å². The van der Waals surface area contributed by atoms with Crippen molar-refractivity contribution in [3.63, 3.8) is 0 Å². The summed E-state index contributed by atoms with van der Waals surface area (Å²) in [6.45, 7) is 1.91. The van der Waals surface area contributed by atoms with Crippen LogP contribution >= 0.6 is 11.8 Å². The van der Waals surface area contributed by atoms with Gasteiger partial charge in [0.05, 0.1) is 11.1 Å². The molecular weight excluding hydrogens is 413 g/mol. The van der Waals surface area contributed by atoms with Crippen LogP contribution < -0.4 is 15.9 Å². The predicted octanol–water partition coefficient (Wildman–Crippen LogP) is 2.61. The highest BCUT2D eigenvalue weighted by atomic mass is 32.2. The number of hydrogen-bond acceptors (Lipinski definition) is 6. The molecule has 3 heterocycles. The number of carbonyl (C=O) groups excluding carboxylic acids is 1. The van der Waals surface area contributed by atoms with Gasteiger partial charge in [-0.2, -0.15) is 0 Å². The summed E-state index contributed by atoms with van der Waals surface area (Å²) in [5.41, 5.74) is 2.52. The molecule has 1 aromatic heterocycles. The van der Waals surface area contributed by atoms with E-state index in [2.05, 4.69) is 15.4 Å². The van der Waals surface area contributed by atoms with E-state index in [0.29, 0.717) is 33.1 Å². The number of aryl methyl sites for hydroxylation is 1. The van der Waals surface area contributed by atoms with Crippen LogP contribution in [0.2, 0.25) is 0 Å². The Morgan fingerprint density at radius 1 is 1.06 bits per heavy atom. The number of nitrogens with zero attached hydrogens (tertiary/aromatic N) is 4. The van der Waals surface area contributed by atoms with Gasteiger partial charge in [-0.25, -0.2) is 9.40 Å². The Morgan fingerprint density at radius 3 is 2.71 bits per heavy atom. The van der Waals surface area contributed by atoms with E-state index in [9.17, 15) is 9.18 Å². The van der Waals surface area contributed by atoms with E-state index in [-0.39, 0.29) is 11.7 Å². The summed E-state index contributed by atoms with van der Waals surface area (Å²) in [6, 6.07) is 19.8. The number of carbonyl (C=O) groups is 1. The average molecular weight is 431 g/mol.